The first-order valence-corrected chi connectivity index (χ1v) is 8.83. The van der Waals surface area contributed by atoms with Gasteiger partial charge in [0.25, 0.3) is 0 Å². The van der Waals surface area contributed by atoms with E-state index in [4.69, 9.17) is 9.47 Å². The molecule has 0 spiro atoms. The van der Waals surface area contributed by atoms with E-state index >= 15 is 0 Å². The molecular weight excluding hydrogens is 330 g/mol. The third-order valence-corrected chi connectivity index (χ3v) is 5.25. The Balaban J connectivity index is 2.44. The van der Waals surface area contributed by atoms with E-state index in [2.05, 4.69) is 6.07 Å². The van der Waals surface area contributed by atoms with Crippen LogP contribution in [0.2, 0.25) is 0 Å². The van der Waals surface area contributed by atoms with Gasteiger partial charge < -0.3 is 9.47 Å². The van der Waals surface area contributed by atoms with Crippen LogP contribution in [0, 0.1) is 24.2 Å². The van der Waals surface area contributed by atoms with E-state index in [1.165, 1.54) is 7.11 Å². The van der Waals surface area contributed by atoms with Crippen molar-refractivity contribution in [2.75, 3.05) is 7.11 Å². The second kappa shape index (κ2) is 8.18. The summed E-state index contributed by atoms with van der Waals surface area (Å²) in [5.41, 5.74) is 5.77. The van der Waals surface area contributed by atoms with Crippen LogP contribution in [0.25, 0.3) is 0 Å². The second-order valence-electron chi connectivity index (χ2n) is 6.69. The number of ether oxygens (including phenoxy) is 2. The summed E-state index contributed by atoms with van der Waals surface area (Å²) >= 11 is 0. The van der Waals surface area contributed by atoms with Crippen molar-refractivity contribution in [1.29, 1.82) is 5.26 Å². The van der Waals surface area contributed by atoms with Crippen LogP contribution in [0.3, 0.4) is 0 Å². The van der Waals surface area contributed by atoms with Crippen molar-refractivity contribution in [2.24, 2.45) is 5.92 Å². The number of allylic oxidation sites excluding steroid dienone is 2. The Morgan fingerprint density at radius 1 is 1.42 bits per heavy atom. The minimum absolute atomic E-state index is 0.0542. The smallest absolute Gasteiger partial charge is 0.340 e. The van der Waals surface area contributed by atoms with E-state index in [0.29, 0.717) is 24.0 Å². The lowest BCUT2D eigenvalue weighted by Gasteiger charge is -2.17. The zero-order chi connectivity index (χ0) is 19.4. The molecule has 0 aromatic heterocycles. The number of carbonyl (C=O) groups excluding carboxylic acids is 2. The summed E-state index contributed by atoms with van der Waals surface area (Å²) in [4.78, 5) is 23.6. The van der Waals surface area contributed by atoms with Crippen LogP contribution in [0.4, 0.5) is 0 Å². The highest BCUT2D eigenvalue weighted by atomic mass is 16.5. The molecule has 0 fully saturated rings. The minimum atomic E-state index is -0.414. The van der Waals surface area contributed by atoms with Gasteiger partial charge in [0, 0.05) is 5.56 Å². The first-order valence-electron chi connectivity index (χ1n) is 8.83. The number of carbonyl (C=O) groups is 2. The van der Waals surface area contributed by atoms with Crippen molar-refractivity contribution >= 4 is 11.9 Å². The second-order valence-corrected chi connectivity index (χ2v) is 6.69. The van der Waals surface area contributed by atoms with Crippen LogP contribution in [0.1, 0.15) is 65.4 Å². The molecule has 0 saturated heterocycles. The first-order chi connectivity index (χ1) is 12.3. The number of hydrogen-bond donors (Lipinski definition) is 0. The molecular formula is C21H25NO4. The fraction of sp³-hybridized carbons (Fsp3) is 0.476. The molecule has 1 atom stereocenters. The Hall–Kier alpha value is -2.61. The Kier molecular flexibility index (Phi) is 6.20. The van der Waals surface area contributed by atoms with E-state index in [-0.39, 0.29) is 18.5 Å². The number of cyclic esters (lactones) is 1. The lowest BCUT2D eigenvalue weighted by atomic mass is 9.85. The van der Waals surface area contributed by atoms with Crippen LogP contribution in [0.15, 0.2) is 11.6 Å². The number of hydrogen-bond acceptors (Lipinski definition) is 5. The van der Waals surface area contributed by atoms with Gasteiger partial charge >= 0.3 is 11.9 Å². The van der Waals surface area contributed by atoms with Gasteiger partial charge in [0.05, 0.1) is 24.7 Å². The zero-order valence-corrected chi connectivity index (χ0v) is 16.1. The quantitative estimate of drug-likeness (QED) is 0.573. The summed E-state index contributed by atoms with van der Waals surface area (Å²) < 4.78 is 9.89. The predicted molar refractivity (Wildman–Crippen MR) is 97.6 cm³/mol. The van der Waals surface area contributed by atoms with Crippen LogP contribution in [0.5, 0.6) is 0 Å². The first kappa shape index (κ1) is 19.7. The van der Waals surface area contributed by atoms with E-state index in [0.717, 1.165) is 34.2 Å². The fourth-order valence-corrected chi connectivity index (χ4v) is 3.45. The number of rotatable bonds is 6. The van der Waals surface area contributed by atoms with Gasteiger partial charge in [-0.1, -0.05) is 25.5 Å². The molecule has 1 heterocycles. The third kappa shape index (κ3) is 3.65. The standard InChI is InChI=1S/C21H25NO4/c1-6-15-14(4)18-11-26-21(24)20(18)17(10-22)16(15)8-7-12(2)13(3)9-19(23)25-5/h7,13H,6,8-9,11H2,1-5H3/b12-7+. The summed E-state index contributed by atoms with van der Waals surface area (Å²) in [7, 11) is 1.38. The fourth-order valence-electron chi connectivity index (χ4n) is 3.45. The van der Waals surface area contributed by atoms with E-state index in [1.807, 2.05) is 33.8 Å². The Morgan fingerprint density at radius 2 is 2.12 bits per heavy atom. The zero-order valence-electron chi connectivity index (χ0n) is 16.1. The summed E-state index contributed by atoms with van der Waals surface area (Å²) in [6.45, 7) is 8.22. The van der Waals surface area contributed by atoms with Crippen LogP contribution in [-0.2, 0) is 33.7 Å². The molecule has 26 heavy (non-hydrogen) atoms. The third-order valence-electron chi connectivity index (χ3n) is 5.25. The Morgan fingerprint density at radius 3 is 2.69 bits per heavy atom. The van der Waals surface area contributed by atoms with Crippen molar-refractivity contribution < 1.29 is 19.1 Å². The number of fused-ring (bicyclic) bond motifs is 1. The lowest BCUT2D eigenvalue weighted by Crippen LogP contribution is -2.10. The summed E-state index contributed by atoms with van der Waals surface area (Å²) in [5, 5.41) is 9.70. The highest BCUT2D eigenvalue weighted by Gasteiger charge is 2.30. The van der Waals surface area contributed by atoms with Gasteiger partial charge in [-0.2, -0.15) is 5.26 Å². The molecule has 1 unspecified atom stereocenters. The summed E-state index contributed by atoms with van der Waals surface area (Å²) in [6, 6.07) is 2.22. The number of esters is 2. The van der Waals surface area contributed by atoms with Crippen molar-refractivity contribution in [3.05, 3.63) is 45.0 Å². The van der Waals surface area contributed by atoms with Crippen molar-refractivity contribution in [1.82, 2.24) is 0 Å². The van der Waals surface area contributed by atoms with Crippen molar-refractivity contribution in [3.63, 3.8) is 0 Å². The van der Waals surface area contributed by atoms with Gasteiger partial charge in [-0.15, -0.1) is 0 Å². The van der Waals surface area contributed by atoms with Gasteiger partial charge in [0.2, 0.25) is 0 Å². The van der Waals surface area contributed by atoms with Gasteiger partial charge in [-0.3, -0.25) is 4.79 Å². The molecule has 0 aliphatic carbocycles. The van der Waals surface area contributed by atoms with Crippen LogP contribution in [-0.4, -0.2) is 19.0 Å². The SMILES string of the molecule is CCc1c(C)c2c(c(C#N)c1C/C=C(\C)C(C)CC(=O)OC)C(=O)OC2. The number of nitriles is 1. The van der Waals surface area contributed by atoms with Gasteiger partial charge in [-0.05, 0) is 49.3 Å². The highest BCUT2D eigenvalue weighted by Crippen LogP contribution is 2.34. The van der Waals surface area contributed by atoms with Gasteiger partial charge in [0.15, 0.2) is 0 Å². The topological polar surface area (TPSA) is 76.4 Å². The maximum atomic E-state index is 12.1. The predicted octanol–water partition coefficient (Wildman–Crippen LogP) is 3.79. The lowest BCUT2D eigenvalue weighted by molar-refractivity contribution is -0.141. The van der Waals surface area contributed by atoms with Crippen LogP contribution < -0.4 is 0 Å². The molecule has 0 bridgehead atoms. The minimum Gasteiger partial charge on any atom is -0.469 e. The number of benzene rings is 1. The largest absolute Gasteiger partial charge is 0.469 e. The average molecular weight is 355 g/mol. The normalized spacial score (nSPS) is 14.5. The van der Waals surface area contributed by atoms with Gasteiger partial charge in [-0.25, -0.2) is 4.79 Å². The molecule has 2 rings (SSSR count). The Bertz CT molecular complexity index is 815. The van der Waals surface area contributed by atoms with E-state index < -0.39 is 5.97 Å². The maximum Gasteiger partial charge on any atom is 0.340 e. The molecule has 1 aromatic rings. The molecule has 5 heteroatoms. The number of nitrogens with zero attached hydrogens (tertiary/aromatic N) is 1. The molecule has 0 N–H and O–H groups in total. The molecule has 1 aliphatic rings. The van der Waals surface area contributed by atoms with Crippen LogP contribution >= 0.6 is 0 Å². The molecule has 1 aliphatic heterocycles. The molecule has 0 radical (unpaired) electrons. The highest BCUT2D eigenvalue weighted by molar-refractivity contribution is 5.97. The summed E-state index contributed by atoms with van der Waals surface area (Å²) in [6.07, 6.45) is 3.68. The number of methoxy groups -OCH3 is 1. The molecule has 5 nitrogen and oxygen atoms in total. The van der Waals surface area contributed by atoms with E-state index in [1.54, 1.807) is 0 Å². The molecule has 138 valence electrons. The van der Waals surface area contributed by atoms with Crippen molar-refractivity contribution in [3.8, 4) is 6.07 Å². The van der Waals surface area contributed by atoms with Crippen molar-refractivity contribution in [2.45, 2.75) is 53.6 Å². The molecule has 1 aromatic carbocycles. The maximum absolute atomic E-state index is 12.1. The molecule has 0 saturated carbocycles. The Labute approximate surface area is 154 Å². The molecule has 0 amide bonds. The average Bonchev–Trinajstić information content (AvgIpc) is 3.01. The van der Waals surface area contributed by atoms with E-state index in [9.17, 15) is 14.9 Å². The summed E-state index contributed by atoms with van der Waals surface area (Å²) in [5.74, 6) is -0.602. The van der Waals surface area contributed by atoms with Gasteiger partial charge in [0.1, 0.15) is 12.7 Å². The monoisotopic (exact) mass is 355 g/mol.